The maximum Gasteiger partial charge on any atom is 0.349 e. The van der Waals surface area contributed by atoms with E-state index in [0.29, 0.717) is 5.56 Å². The van der Waals surface area contributed by atoms with E-state index in [2.05, 4.69) is 0 Å². The van der Waals surface area contributed by atoms with Gasteiger partial charge in [0.25, 0.3) is 5.79 Å². The lowest BCUT2D eigenvalue weighted by Crippen LogP contribution is -2.52. The second kappa shape index (κ2) is 7.08. The fourth-order valence-electron chi connectivity index (χ4n) is 2.55. The van der Waals surface area contributed by atoms with E-state index in [4.69, 9.17) is 25.5 Å². The lowest BCUT2D eigenvalue weighted by molar-refractivity contribution is -0.261. The molecule has 0 amide bonds. The number of cyclic esters (lactones) is 2. The van der Waals surface area contributed by atoms with Crippen LogP contribution in [0.4, 0.5) is 0 Å². The van der Waals surface area contributed by atoms with Gasteiger partial charge in [-0.2, -0.15) is 0 Å². The van der Waals surface area contributed by atoms with Gasteiger partial charge in [-0.05, 0) is 29.8 Å². The molecule has 0 unspecified atom stereocenters. The van der Waals surface area contributed by atoms with Gasteiger partial charge in [-0.15, -0.1) is 0 Å². The molecule has 0 aliphatic carbocycles. The molecule has 152 valence electrons. The number of carboxylic acids is 1. The second-order valence-electron chi connectivity index (χ2n) is 7.72. The van der Waals surface area contributed by atoms with Crippen molar-refractivity contribution < 1.29 is 33.4 Å². The standard InChI is InChI=1S/C21H19ClO7/c1-20(2,3)21(4)28-18(25)14(19(26)29-21)10-12-6-8-16(27-12)13-9-11(17(23)24)5-7-15(13)22/h5-10H,1-4H3,(H,23,24)/p-1. The third kappa shape index (κ3) is 3.91. The molecule has 1 aromatic carbocycles. The number of carboxylic acid groups (broad SMARTS) is 1. The molecule has 2 aromatic rings. The van der Waals surface area contributed by atoms with Crippen LogP contribution in [0.1, 0.15) is 43.8 Å². The van der Waals surface area contributed by atoms with Gasteiger partial charge in [0.05, 0.1) is 11.0 Å². The Bertz CT molecular complexity index is 1020. The highest BCUT2D eigenvalue weighted by atomic mass is 35.5. The zero-order valence-electron chi connectivity index (χ0n) is 16.2. The summed E-state index contributed by atoms with van der Waals surface area (Å²) < 4.78 is 16.3. The van der Waals surface area contributed by atoms with E-state index in [0.717, 1.165) is 0 Å². The number of aromatic carboxylic acids is 1. The van der Waals surface area contributed by atoms with Gasteiger partial charge in [-0.25, -0.2) is 9.59 Å². The Balaban J connectivity index is 1.92. The Morgan fingerprint density at radius 1 is 1.10 bits per heavy atom. The molecule has 0 saturated carbocycles. The summed E-state index contributed by atoms with van der Waals surface area (Å²) in [5.41, 5.74) is -0.682. The fraction of sp³-hybridized carbons (Fsp3) is 0.286. The van der Waals surface area contributed by atoms with E-state index in [-0.39, 0.29) is 27.7 Å². The molecule has 3 rings (SSSR count). The summed E-state index contributed by atoms with van der Waals surface area (Å²) in [5.74, 6) is -3.99. The molecule has 7 nitrogen and oxygen atoms in total. The molecule has 8 heteroatoms. The zero-order valence-corrected chi connectivity index (χ0v) is 17.0. The minimum absolute atomic E-state index is 0.0680. The third-order valence-corrected chi connectivity index (χ3v) is 5.09. The average Bonchev–Trinajstić information content (AvgIpc) is 3.06. The number of halogens is 1. The first kappa shape index (κ1) is 20.7. The van der Waals surface area contributed by atoms with Crippen molar-refractivity contribution in [3.8, 4) is 11.3 Å². The van der Waals surface area contributed by atoms with Crippen molar-refractivity contribution in [1.29, 1.82) is 0 Å². The molecule has 0 spiro atoms. The quantitative estimate of drug-likeness (QED) is 0.428. The van der Waals surface area contributed by atoms with Crippen LogP contribution in [-0.4, -0.2) is 23.7 Å². The first-order valence-electron chi connectivity index (χ1n) is 8.71. The first-order chi connectivity index (χ1) is 13.4. The van der Waals surface area contributed by atoms with Gasteiger partial charge in [-0.1, -0.05) is 38.4 Å². The summed E-state index contributed by atoms with van der Waals surface area (Å²) in [5, 5.41) is 11.3. The third-order valence-electron chi connectivity index (χ3n) is 4.76. The van der Waals surface area contributed by atoms with Crippen molar-refractivity contribution in [3.63, 3.8) is 0 Å². The van der Waals surface area contributed by atoms with E-state index in [1.165, 1.54) is 43.3 Å². The molecule has 29 heavy (non-hydrogen) atoms. The maximum atomic E-state index is 12.4. The number of rotatable bonds is 3. The highest BCUT2D eigenvalue weighted by Crippen LogP contribution is 2.39. The summed E-state index contributed by atoms with van der Waals surface area (Å²) in [6.07, 6.45) is 1.20. The van der Waals surface area contributed by atoms with Gasteiger partial charge in [-0.3, -0.25) is 0 Å². The van der Waals surface area contributed by atoms with Crippen molar-refractivity contribution >= 4 is 35.6 Å². The van der Waals surface area contributed by atoms with E-state index < -0.39 is 29.1 Å². The molecule has 0 radical (unpaired) electrons. The molecule has 1 fully saturated rings. The minimum Gasteiger partial charge on any atom is -0.545 e. The number of benzene rings is 1. The van der Waals surface area contributed by atoms with Crippen LogP contribution < -0.4 is 5.11 Å². The molecule has 1 aliphatic rings. The van der Waals surface area contributed by atoms with Crippen LogP contribution >= 0.6 is 11.6 Å². The summed E-state index contributed by atoms with van der Waals surface area (Å²) in [4.78, 5) is 35.9. The summed E-state index contributed by atoms with van der Waals surface area (Å²) in [6, 6.07) is 7.07. The van der Waals surface area contributed by atoms with Crippen LogP contribution in [0, 0.1) is 5.41 Å². The highest BCUT2D eigenvalue weighted by molar-refractivity contribution is 6.33. The van der Waals surface area contributed by atoms with Crippen LogP contribution in [0.5, 0.6) is 0 Å². The Labute approximate surface area is 171 Å². The van der Waals surface area contributed by atoms with Gasteiger partial charge in [0.15, 0.2) is 0 Å². The van der Waals surface area contributed by atoms with Crippen molar-refractivity contribution in [2.75, 3.05) is 0 Å². The van der Waals surface area contributed by atoms with Crippen molar-refractivity contribution in [3.05, 3.63) is 52.3 Å². The SMILES string of the molecule is CC(C)(C)C1(C)OC(=O)C(=Cc2ccc(-c3cc(C(=O)[O-])ccc3Cl)o2)C(=O)O1. The zero-order chi connectivity index (χ0) is 21.6. The Hall–Kier alpha value is -3.06. The molecular weight excluding hydrogens is 400 g/mol. The van der Waals surface area contributed by atoms with Gasteiger partial charge in [0, 0.05) is 24.0 Å². The molecule has 0 N–H and O–H groups in total. The van der Waals surface area contributed by atoms with Crippen LogP contribution in [0.25, 0.3) is 17.4 Å². The smallest absolute Gasteiger partial charge is 0.349 e. The van der Waals surface area contributed by atoms with Crippen molar-refractivity contribution in [2.45, 2.75) is 33.5 Å². The van der Waals surface area contributed by atoms with E-state index in [9.17, 15) is 19.5 Å². The summed E-state index contributed by atoms with van der Waals surface area (Å²) in [6.45, 7) is 6.87. The Kier molecular flexibility index (Phi) is 5.04. The normalized spacial score (nSPS) is 19.6. The van der Waals surface area contributed by atoms with Crippen molar-refractivity contribution in [2.24, 2.45) is 5.41 Å². The molecule has 0 atom stereocenters. The molecule has 0 bridgehead atoms. The molecule has 1 aromatic heterocycles. The summed E-state index contributed by atoms with van der Waals surface area (Å²) in [7, 11) is 0. The van der Waals surface area contributed by atoms with Crippen LogP contribution in [-0.2, 0) is 19.1 Å². The predicted octanol–water partition coefficient (Wildman–Crippen LogP) is 3.21. The number of furan rings is 1. The summed E-state index contributed by atoms with van der Waals surface area (Å²) >= 11 is 6.12. The Morgan fingerprint density at radius 2 is 1.72 bits per heavy atom. The van der Waals surface area contributed by atoms with Gasteiger partial charge >= 0.3 is 11.9 Å². The number of esters is 2. The number of hydrogen-bond acceptors (Lipinski definition) is 7. The number of ether oxygens (including phenoxy) is 2. The number of carbonyl (C=O) groups excluding carboxylic acids is 3. The Morgan fingerprint density at radius 3 is 2.28 bits per heavy atom. The monoisotopic (exact) mass is 417 g/mol. The lowest BCUT2D eigenvalue weighted by atomic mass is 9.86. The lowest BCUT2D eigenvalue weighted by Gasteiger charge is -2.42. The largest absolute Gasteiger partial charge is 0.545 e. The molecule has 1 aliphatic heterocycles. The number of carbonyl (C=O) groups is 3. The fourth-order valence-corrected chi connectivity index (χ4v) is 2.76. The average molecular weight is 418 g/mol. The maximum absolute atomic E-state index is 12.4. The van der Waals surface area contributed by atoms with E-state index in [1.54, 1.807) is 20.8 Å². The van der Waals surface area contributed by atoms with Gasteiger partial charge in [0.2, 0.25) is 0 Å². The van der Waals surface area contributed by atoms with Crippen molar-refractivity contribution in [1.82, 2.24) is 0 Å². The topological polar surface area (TPSA) is 106 Å². The predicted molar refractivity (Wildman–Crippen MR) is 102 cm³/mol. The minimum atomic E-state index is -1.40. The highest BCUT2D eigenvalue weighted by Gasteiger charge is 2.50. The molecular formula is C21H18ClO7-. The van der Waals surface area contributed by atoms with E-state index in [1.807, 2.05) is 0 Å². The second-order valence-corrected chi connectivity index (χ2v) is 8.12. The van der Waals surface area contributed by atoms with Crippen LogP contribution in [0.3, 0.4) is 0 Å². The first-order valence-corrected chi connectivity index (χ1v) is 9.08. The number of hydrogen-bond donors (Lipinski definition) is 0. The van der Waals surface area contributed by atoms with Crippen LogP contribution in [0.2, 0.25) is 5.02 Å². The van der Waals surface area contributed by atoms with Gasteiger partial charge in [0.1, 0.15) is 17.1 Å². The molecule has 2 heterocycles. The molecule has 1 saturated heterocycles. The van der Waals surface area contributed by atoms with Crippen LogP contribution in [0.15, 0.2) is 40.3 Å². The van der Waals surface area contributed by atoms with Gasteiger partial charge < -0.3 is 23.8 Å². The van der Waals surface area contributed by atoms with E-state index >= 15 is 0 Å².